The third-order valence-corrected chi connectivity index (χ3v) is 4.23. The Labute approximate surface area is 112 Å². The summed E-state index contributed by atoms with van der Waals surface area (Å²) in [6.07, 6.45) is 4.08. The second-order valence-electron chi connectivity index (χ2n) is 6.39. The van der Waals surface area contributed by atoms with E-state index in [4.69, 9.17) is 4.74 Å². The van der Waals surface area contributed by atoms with Gasteiger partial charge in [-0.05, 0) is 50.5 Å². The molecule has 0 aromatic heterocycles. The molecular weight excluding hydrogens is 226 g/mol. The Balaban J connectivity index is 2.87. The van der Waals surface area contributed by atoms with Crippen LogP contribution in [-0.4, -0.2) is 24.7 Å². The van der Waals surface area contributed by atoms with E-state index in [9.17, 15) is 4.79 Å². The summed E-state index contributed by atoms with van der Waals surface area (Å²) in [6, 6.07) is 0. The van der Waals surface area contributed by atoms with E-state index in [2.05, 4.69) is 33.0 Å². The third-order valence-electron chi connectivity index (χ3n) is 4.23. The van der Waals surface area contributed by atoms with Crippen LogP contribution in [0.25, 0.3) is 0 Å². The molecule has 1 fully saturated rings. The SMILES string of the molecule is CCCNC1(C(=O)OCC)CCC(C)(C)CC1C. The predicted molar refractivity (Wildman–Crippen MR) is 74.5 cm³/mol. The molecule has 0 amide bonds. The van der Waals surface area contributed by atoms with Crippen LogP contribution < -0.4 is 5.32 Å². The van der Waals surface area contributed by atoms with Crippen molar-refractivity contribution in [1.82, 2.24) is 5.32 Å². The molecule has 0 aliphatic heterocycles. The van der Waals surface area contributed by atoms with Crippen molar-refractivity contribution < 1.29 is 9.53 Å². The number of carbonyl (C=O) groups excluding carboxylic acids is 1. The number of hydrogen-bond donors (Lipinski definition) is 1. The van der Waals surface area contributed by atoms with Crippen molar-refractivity contribution in [1.29, 1.82) is 0 Å². The van der Waals surface area contributed by atoms with E-state index in [1.807, 2.05) is 6.92 Å². The lowest BCUT2D eigenvalue weighted by atomic mass is 9.63. The maximum absolute atomic E-state index is 12.4. The molecule has 0 heterocycles. The number of rotatable bonds is 5. The first kappa shape index (κ1) is 15.5. The highest BCUT2D eigenvalue weighted by Crippen LogP contribution is 2.44. The van der Waals surface area contributed by atoms with E-state index in [1.165, 1.54) is 0 Å². The Morgan fingerprint density at radius 2 is 2.00 bits per heavy atom. The Bertz CT molecular complexity index is 288. The summed E-state index contributed by atoms with van der Waals surface area (Å²) in [5.74, 6) is 0.272. The van der Waals surface area contributed by atoms with E-state index < -0.39 is 5.54 Å². The van der Waals surface area contributed by atoms with Crippen LogP contribution in [0.2, 0.25) is 0 Å². The Hall–Kier alpha value is -0.570. The molecule has 1 rings (SSSR count). The molecule has 3 nitrogen and oxygen atoms in total. The molecule has 1 saturated carbocycles. The van der Waals surface area contributed by atoms with Crippen LogP contribution in [0.5, 0.6) is 0 Å². The molecule has 0 saturated heterocycles. The lowest BCUT2D eigenvalue weighted by Crippen LogP contribution is -2.60. The van der Waals surface area contributed by atoms with Crippen LogP contribution >= 0.6 is 0 Å². The Morgan fingerprint density at radius 1 is 1.33 bits per heavy atom. The van der Waals surface area contributed by atoms with E-state index in [1.54, 1.807) is 0 Å². The molecule has 2 unspecified atom stereocenters. The van der Waals surface area contributed by atoms with Gasteiger partial charge in [0.2, 0.25) is 0 Å². The van der Waals surface area contributed by atoms with Crippen molar-refractivity contribution >= 4 is 5.97 Å². The summed E-state index contributed by atoms with van der Waals surface area (Å²) in [7, 11) is 0. The number of hydrogen-bond acceptors (Lipinski definition) is 3. The first-order valence-corrected chi connectivity index (χ1v) is 7.30. The van der Waals surface area contributed by atoms with Gasteiger partial charge in [-0.3, -0.25) is 4.79 Å². The van der Waals surface area contributed by atoms with E-state index in [-0.39, 0.29) is 5.97 Å². The van der Waals surface area contributed by atoms with Crippen molar-refractivity contribution in [2.45, 2.75) is 65.8 Å². The lowest BCUT2D eigenvalue weighted by Gasteiger charge is -2.47. The molecule has 106 valence electrons. The fourth-order valence-electron chi connectivity index (χ4n) is 3.13. The monoisotopic (exact) mass is 255 g/mol. The molecular formula is C15H29NO2. The van der Waals surface area contributed by atoms with Gasteiger partial charge in [-0.15, -0.1) is 0 Å². The largest absolute Gasteiger partial charge is 0.465 e. The minimum atomic E-state index is -0.457. The van der Waals surface area contributed by atoms with E-state index in [0.717, 1.165) is 32.2 Å². The average Bonchev–Trinajstić information content (AvgIpc) is 2.28. The average molecular weight is 255 g/mol. The van der Waals surface area contributed by atoms with Crippen LogP contribution in [0.3, 0.4) is 0 Å². The molecule has 1 N–H and O–H groups in total. The molecule has 0 spiro atoms. The number of nitrogens with one attached hydrogen (secondary N) is 1. The van der Waals surface area contributed by atoms with Gasteiger partial charge in [0.05, 0.1) is 6.61 Å². The normalized spacial score (nSPS) is 31.1. The molecule has 18 heavy (non-hydrogen) atoms. The molecule has 0 bridgehead atoms. The lowest BCUT2D eigenvalue weighted by molar-refractivity contribution is -0.157. The van der Waals surface area contributed by atoms with Gasteiger partial charge in [0.15, 0.2) is 0 Å². The highest BCUT2D eigenvalue weighted by molar-refractivity contribution is 5.81. The summed E-state index contributed by atoms with van der Waals surface area (Å²) in [5.41, 5.74) is -0.120. The first-order valence-electron chi connectivity index (χ1n) is 7.30. The standard InChI is InChI=1S/C15H29NO2/c1-6-10-16-15(13(17)18-7-2)9-8-14(4,5)11-12(15)3/h12,16H,6-11H2,1-5H3. The van der Waals surface area contributed by atoms with Gasteiger partial charge in [0.1, 0.15) is 5.54 Å². The topological polar surface area (TPSA) is 38.3 Å². The van der Waals surface area contributed by atoms with E-state index >= 15 is 0 Å². The maximum atomic E-state index is 12.4. The predicted octanol–water partition coefficient (Wildman–Crippen LogP) is 3.13. The fourth-order valence-corrected chi connectivity index (χ4v) is 3.13. The fraction of sp³-hybridized carbons (Fsp3) is 0.933. The Morgan fingerprint density at radius 3 is 2.50 bits per heavy atom. The second-order valence-corrected chi connectivity index (χ2v) is 6.39. The highest BCUT2D eigenvalue weighted by Gasteiger charge is 2.49. The first-order chi connectivity index (χ1) is 8.38. The van der Waals surface area contributed by atoms with Crippen LogP contribution in [0, 0.1) is 11.3 Å². The quantitative estimate of drug-likeness (QED) is 0.767. The van der Waals surface area contributed by atoms with Crippen LogP contribution in [0.1, 0.15) is 60.3 Å². The molecule has 1 aliphatic rings. The zero-order valence-electron chi connectivity index (χ0n) is 12.6. The summed E-state index contributed by atoms with van der Waals surface area (Å²) in [4.78, 5) is 12.4. The summed E-state index contributed by atoms with van der Waals surface area (Å²) in [5, 5.41) is 3.48. The van der Waals surface area contributed by atoms with Gasteiger partial charge in [0, 0.05) is 0 Å². The smallest absolute Gasteiger partial charge is 0.326 e. The number of carbonyl (C=O) groups is 1. The number of esters is 1. The molecule has 0 radical (unpaired) electrons. The summed E-state index contributed by atoms with van der Waals surface area (Å²) < 4.78 is 5.32. The van der Waals surface area contributed by atoms with Gasteiger partial charge < -0.3 is 10.1 Å². The van der Waals surface area contributed by atoms with Crippen LogP contribution in [0.15, 0.2) is 0 Å². The molecule has 3 heteroatoms. The van der Waals surface area contributed by atoms with Crippen LogP contribution in [0.4, 0.5) is 0 Å². The number of ether oxygens (including phenoxy) is 1. The minimum Gasteiger partial charge on any atom is -0.465 e. The zero-order chi connectivity index (χ0) is 13.8. The van der Waals surface area contributed by atoms with Gasteiger partial charge >= 0.3 is 5.97 Å². The van der Waals surface area contributed by atoms with Crippen LogP contribution in [-0.2, 0) is 9.53 Å². The minimum absolute atomic E-state index is 0.0542. The molecule has 0 aromatic carbocycles. The highest BCUT2D eigenvalue weighted by atomic mass is 16.5. The Kier molecular flexibility index (Phi) is 5.20. The molecule has 1 aliphatic carbocycles. The second kappa shape index (κ2) is 6.05. The molecule has 0 aromatic rings. The molecule has 2 atom stereocenters. The van der Waals surface area contributed by atoms with Gasteiger partial charge in [0.25, 0.3) is 0 Å². The van der Waals surface area contributed by atoms with Gasteiger partial charge in [-0.25, -0.2) is 0 Å². The van der Waals surface area contributed by atoms with Crippen molar-refractivity contribution in [2.75, 3.05) is 13.2 Å². The van der Waals surface area contributed by atoms with Crippen molar-refractivity contribution in [3.05, 3.63) is 0 Å². The maximum Gasteiger partial charge on any atom is 0.326 e. The van der Waals surface area contributed by atoms with Gasteiger partial charge in [-0.2, -0.15) is 0 Å². The summed E-state index contributed by atoms with van der Waals surface area (Å²) >= 11 is 0. The van der Waals surface area contributed by atoms with Crippen molar-refractivity contribution in [2.24, 2.45) is 11.3 Å². The van der Waals surface area contributed by atoms with Crippen molar-refractivity contribution in [3.63, 3.8) is 0 Å². The van der Waals surface area contributed by atoms with Crippen molar-refractivity contribution in [3.8, 4) is 0 Å². The zero-order valence-corrected chi connectivity index (χ0v) is 12.6. The van der Waals surface area contributed by atoms with Gasteiger partial charge in [-0.1, -0.05) is 27.7 Å². The summed E-state index contributed by atoms with van der Waals surface area (Å²) in [6.45, 7) is 12.1. The third kappa shape index (κ3) is 3.25. The van der Waals surface area contributed by atoms with E-state index in [0.29, 0.717) is 17.9 Å².